The van der Waals surface area contributed by atoms with Crippen molar-refractivity contribution < 1.29 is 17.9 Å². The third-order valence-electron chi connectivity index (χ3n) is 3.80. The lowest BCUT2D eigenvalue weighted by Crippen LogP contribution is -2.30. The summed E-state index contributed by atoms with van der Waals surface area (Å²) in [6, 6.07) is 9.20. The van der Waals surface area contributed by atoms with Crippen LogP contribution in [-0.2, 0) is 10.0 Å². The number of sulfonamides is 1. The smallest absolute Gasteiger partial charge is 0.343 e. The predicted molar refractivity (Wildman–Crippen MR) is 105 cm³/mol. The Kier molecular flexibility index (Phi) is 6.85. The van der Waals surface area contributed by atoms with Gasteiger partial charge >= 0.3 is 5.97 Å². The molecule has 0 aliphatic heterocycles. The normalized spacial score (nSPS) is 11.6. The van der Waals surface area contributed by atoms with E-state index in [4.69, 9.17) is 16.3 Å². The SMILES string of the molecule is CCN(CC)S(=O)(=O)c1cccc(C(=O)Oc2c(C)cc(Br)cc2Cl)c1. The molecule has 0 aliphatic carbocycles. The third kappa shape index (κ3) is 4.46. The van der Waals surface area contributed by atoms with Gasteiger partial charge in [-0.15, -0.1) is 0 Å². The first-order chi connectivity index (χ1) is 12.2. The van der Waals surface area contributed by atoms with Crippen LogP contribution in [0.5, 0.6) is 5.75 Å². The molecule has 0 fully saturated rings. The maximum absolute atomic E-state index is 12.6. The number of halogens is 2. The summed E-state index contributed by atoms with van der Waals surface area (Å²) in [6.45, 7) is 5.98. The second-order valence-electron chi connectivity index (χ2n) is 5.54. The quantitative estimate of drug-likeness (QED) is 0.464. The molecule has 26 heavy (non-hydrogen) atoms. The average Bonchev–Trinajstić information content (AvgIpc) is 2.58. The summed E-state index contributed by atoms with van der Waals surface area (Å²) in [7, 11) is -3.66. The topological polar surface area (TPSA) is 63.7 Å². The number of hydrogen-bond acceptors (Lipinski definition) is 4. The Morgan fingerprint density at radius 1 is 1.19 bits per heavy atom. The van der Waals surface area contributed by atoms with Crippen LogP contribution in [0.2, 0.25) is 5.02 Å². The molecule has 2 aromatic carbocycles. The Morgan fingerprint density at radius 3 is 2.42 bits per heavy atom. The van der Waals surface area contributed by atoms with E-state index < -0.39 is 16.0 Å². The number of ether oxygens (including phenoxy) is 1. The fourth-order valence-corrected chi connectivity index (χ4v) is 4.98. The van der Waals surface area contributed by atoms with Crippen molar-refractivity contribution in [3.63, 3.8) is 0 Å². The van der Waals surface area contributed by atoms with Crippen molar-refractivity contribution in [1.29, 1.82) is 0 Å². The number of hydrogen-bond donors (Lipinski definition) is 0. The number of carbonyl (C=O) groups excluding carboxylic acids is 1. The van der Waals surface area contributed by atoms with Gasteiger partial charge in [0, 0.05) is 17.6 Å². The molecular formula is C18H19BrClNO4S. The first kappa shape index (κ1) is 20.9. The molecule has 0 heterocycles. The maximum atomic E-state index is 12.6. The zero-order valence-corrected chi connectivity index (χ0v) is 17.8. The highest BCUT2D eigenvalue weighted by Gasteiger charge is 2.23. The van der Waals surface area contributed by atoms with E-state index in [2.05, 4.69) is 15.9 Å². The molecule has 0 atom stereocenters. The van der Waals surface area contributed by atoms with E-state index in [-0.39, 0.29) is 21.2 Å². The van der Waals surface area contributed by atoms with Crippen LogP contribution in [-0.4, -0.2) is 31.8 Å². The van der Waals surface area contributed by atoms with Gasteiger partial charge in [0.05, 0.1) is 15.5 Å². The summed E-state index contributed by atoms with van der Waals surface area (Å²) in [5.41, 5.74) is 0.821. The summed E-state index contributed by atoms with van der Waals surface area (Å²) in [6.07, 6.45) is 0. The van der Waals surface area contributed by atoms with Gasteiger partial charge in [-0.1, -0.05) is 47.4 Å². The van der Waals surface area contributed by atoms with Crippen molar-refractivity contribution in [3.8, 4) is 5.75 Å². The first-order valence-corrected chi connectivity index (χ1v) is 10.6. The highest BCUT2D eigenvalue weighted by molar-refractivity contribution is 9.10. The van der Waals surface area contributed by atoms with Crippen LogP contribution in [0.4, 0.5) is 0 Å². The molecule has 0 unspecified atom stereocenters. The van der Waals surface area contributed by atoms with Gasteiger partial charge in [0.25, 0.3) is 0 Å². The van der Waals surface area contributed by atoms with Crippen molar-refractivity contribution in [3.05, 3.63) is 57.0 Å². The first-order valence-electron chi connectivity index (χ1n) is 7.98. The predicted octanol–water partition coefficient (Wildman–Crippen LogP) is 4.66. The van der Waals surface area contributed by atoms with Crippen LogP contribution in [0.25, 0.3) is 0 Å². The Labute approximate surface area is 167 Å². The summed E-state index contributed by atoms with van der Waals surface area (Å²) in [5, 5.41) is 0.289. The Hall–Kier alpha value is -1.41. The Bertz CT molecular complexity index is 904. The van der Waals surface area contributed by atoms with Crippen LogP contribution in [0.15, 0.2) is 45.8 Å². The number of aryl methyl sites for hydroxylation is 1. The van der Waals surface area contributed by atoms with Crippen molar-refractivity contribution in [2.24, 2.45) is 0 Å². The molecule has 0 saturated heterocycles. The zero-order valence-electron chi connectivity index (χ0n) is 14.6. The van der Waals surface area contributed by atoms with Gasteiger partial charge in [-0.05, 0) is 42.8 Å². The highest BCUT2D eigenvalue weighted by Crippen LogP contribution is 2.32. The summed E-state index contributed by atoms with van der Waals surface area (Å²) >= 11 is 9.46. The van der Waals surface area contributed by atoms with Gasteiger partial charge in [0.1, 0.15) is 0 Å². The van der Waals surface area contributed by atoms with Crippen LogP contribution < -0.4 is 4.74 Å². The lowest BCUT2D eigenvalue weighted by Gasteiger charge is -2.18. The molecule has 2 aromatic rings. The average molecular weight is 461 g/mol. The fraction of sp³-hybridized carbons (Fsp3) is 0.278. The molecule has 8 heteroatoms. The van der Waals surface area contributed by atoms with Crippen LogP contribution in [0.3, 0.4) is 0 Å². The minimum absolute atomic E-state index is 0.0503. The fourth-order valence-electron chi connectivity index (χ4n) is 2.47. The molecule has 140 valence electrons. The second kappa shape index (κ2) is 8.52. The molecule has 0 aromatic heterocycles. The van der Waals surface area contributed by atoms with Crippen LogP contribution >= 0.6 is 27.5 Å². The lowest BCUT2D eigenvalue weighted by molar-refractivity contribution is 0.0733. The van der Waals surface area contributed by atoms with Crippen molar-refractivity contribution in [2.45, 2.75) is 25.7 Å². The van der Waals surface area contributed by atoms with Crippen molar-refractivity contribution in [1.82, 2.24) is 4.31 Å². The highest BCUT2D eigenvalue weighted by atomic mass is 79.9. The maximum Gasteiger partial charge on any atom is 0.343 e. The minimum atomic E-state index is -3.66. The molecule has 5 nitrogen and oxygen atoms in total. The van der Waals surface area contributed by atoms with Crippen molar-refractivity contribution >= 4 is 43.5 Å². The van der Waals surface area contributed by atoms with E-state index in [1.54, 1.807) is 32.9 Å². The van der Waals surface area contributed by atoms with Gasteiger partial charge in [-0.3, -0.25) is 0 Å². The Balaban J connectivity index is 2.35. The number of rotatable bonds is 6. The largest absolute Gasteiger partial charge is 0.421 e. The molecule has 0 aliphatic rings. The van der Waals surface area contributed by atoms with Gasteiger partial charge in [0.15, 0.2) is 5.75 Å². The van der Waals surface area contributed by atoms with Gasteiger partial charge in [-0.2, -0.15) is 4.31 Å². The third-order valence-corrected chi connectivity index (χ3v) is 6.59. The van der Waals surface area contributed by atoms with Crippen LogP contribution in [0.1, 0.15) is 29.8 Å². The van der Waals surface area contributed by atoms with E-state index in [1.165, 1.54) is 28.6 Å². The molecule has 0 spiro atoms. The molecule has 0 N–H and O–H groups in total. The number of carbonyl (C=O) groups is 1. The molecule has 0 amide bonds. The Morgan fingerprint density at radius 2 is 1.85 bits per heavy atom. The monoisotopic (exact) mass is 459 g/mol. The van der Waals surface area contributed by atoms with Gasteiger partial charge < -0.3 is 4.74 Å². The van der Waals surface area contributed by atoms with E-state index >= 15 is 0 Å². The van der Waals surface area contributed by atoms with Gasteiger partial charge in [-0.25, -0.2) is 13.2 Å². The van der Waals surface area contributed by atoms with E-state index in [1.807, 2.05) is 0 Å². The molecule has 0 radical (unpaired) electrons. The summed E-state index contributed by atoms with van der Waals surface area (Å²) in [5.74, 6) is -0.425. The summed E-state index contributed by atoms with van der Waals surface area (Å²) < 4.78 is 32.7. The van der Waals surface area contributed by atoms with Gasteiger partial charge in [0.2, 0.25) is 10.0 Å². The second-order valence-corrected chi connectivity index (χ2v) is 8.80. The van der Waals surface area contributed by atoms with E-state index in [0.29, 0.717) is 18.7 Å². The zero-order chi connectivity index (χ0) is 19.5. The number of nitrogens with zero attached hydrogens (tertiary/aromatic N) is 1. The minimum Gasteiger partial charge on any atom is -0.421 e. The number of benzene rings is 2. The number of esters is 1. The molecule has 0 saturated carbocycles. The van der Waals surface area contributed by atoms with E-state index in [0.717, 1.165) is 4.47 Å². The molecular weight excluding hydrogens is 442 g/mol. The molecule has 0 bridgehead atoms. The van der Waals surface area contributed by atoms with Crippen molar-refractivity contribution in [2.75, 3.05) is 13.1 Å². The van der Waals surface area contributed by atoms with Crippen LogP contribution in [0, 0.1) is 6.92 Å². The summed E-state index contributed by atoms with van der Waals surface area (Å²) in [4.78, 5) is 12.5. The van der Waals surface area contributed by atoms with E-state index in [9.17, 15) is 13.2 Å². The lowest BCUT2D eigenvalue weighted by atomic mass is 10.2. The molecule has 2 rings (SSSR count). The standard InChI is InChI=1S/C18H19BrClNO4S/c1-4-21(5-2)26(23,24)15-8-6-7-13(10-15)18(22)25-17-12(3)9-14(19)11-16(17)20/h6-11H,4-5H2,1-3H3.